The molecular weight excluding hydrogens is 222 g/mol. The number of rotatable bonds is 3. The molecule has 1 aliphatic rings. The summed E-state index contributed by atoms with van der Waals surface area (Å²) in [5, 5.41) is 9.08. The van der Waals surface area contributed by atoms with Gasteiger partial charge in [0.1, 0.15) is 0 Å². The number of piperazine rings is 1. The summed E-state index contributed by atoms with van der Waals surface area (Å²) >= 11 is 0. The molecule has 1 fully saturated rings. The Bertz CT molecular complexity index is 440. The molecule has 0 aromatic heterocycles. The summed E-state index contributed by atoms with van der Waals surface area (Å²) in [6, 6.07) is 8.28. The highest BCUT2D eigenvalue weighted by atomic mass is 15.3. The molecule has 1 heterocycles. The van der Waals surface area contributed by atoms with Crippen LogP contribution < -0.4 is 4.90 Å². The molecule has 0 bridgehead atoms. The smallest absolute Gasteiger partial charge is 0.0995 e. The van der Waals surface area contributed by atoms with Crippen molar-refractivity contribution in [2.24, 2.45) is 0 Å². The van der Waals surface area contributed by atoms with E-state index in [1.165, 1.54) is 18.7 Å². The summed E-state index contributed by atoms with van der Waals surface area (Å²) in [6.07, 6.45) is 1.23. The summed E-state index contributed by atoms with van der Waals surface area (Å²) in [7, 11) is 0. The van der Waals surface area contributed by atoms with E-state index >= 15 is 0 Å². The Kier molecular flexibility index (Phi) is 4.22. The predicted octanol–water partition coefficient (Wildman–Crippen LogP) is 2.40. The van der Waals surface area contributed by atoms with Gasteiger partial charge in [-0.2, -0.15) is 5.26 Å². The van der Waals surface area contributed by atoms with Gasteiger partial charge >= 0.3 is 0 Å². The van der Waals surface area contributed by atoms with Gasteiger partial charge in [0.2, 0.25) is 0 Å². The molecule has 0 unspecified atom stereocenters. The first-order valence-corrected chi connectivity index (χ1v) is 6.73. The molecule has 0 N–H and O–H groups in total. The van der Waals surface area contributed by atoms with Gasteiger partial charge in [-0.15, -0.1) is 0 Å². The van der Waals surface area contributed by atoms with Gasteiger partial charge in [0, 0.05) is 31.9 Å². The fourth-order valence-electron chi connectivity index (χ4n) is 2.62. The second kappa shape index (κ2) is 5.88. The maximum Gasteiger partial charge on any atom is 0.0995 e. The first-order chi connectivity index (χ1) is 8.76. The van der Waals surface area contributed by atoms with Crippen LogP contribution in [0.1, 0.15) is 24.5 Å². The Morgan fingerprint density at radius 3 is 2.56 bits per heavy atom. The van der Waals surface area contributed by atoms with E-state index in [0.29, 0.717) is 0 Å². The molecule has 0 saturated carbocycles. The van der Waals surface area contributed by atoms with Crippen molar-refractivity contribution in [3.05, 3.63) is 29.3 Å². The summed E-state index contributed by atoms with van der Waals surface area (Å²) in [4.78, 5) is 4.92. The number of anilines is 1. The number of nitrogens with zero attached hydrogens (tertiary/aromatic N) is 3. The van der Waals surface area contributed by atoms with Gasteiger partial charge in [0.05, 0.1) is 11.6 Å². The van der Waals surface area contributed by atoms with Crippen molar-refractivity contribution >= 4 is 5.69 Å². The van der Waals surface area contributed by atoms with E-state index in [0.717, 1.165) is 37.3 Å². The Morgan fingerprint density at radius 1 is 1.22 bits per heavy atom. The number of hydrogen-bond donors (Lipinski definition) is 0. The molecule has 0 atom stereocenters. The van der Waals surface area contributed by atoms with Crippen LogP contribution in [-0.4, -0.2) is 37.6 Å². The zero-order chi connectivity index (χ0) is 13.0. The van der Waals surface area contributed by atoms with Gasteiger partial charge in [-0.25, -0.2) is 0 Å². The number of benzene rings is 1. The van der Waals surface area contributed by atoms with Crippen LogP contribution in [0.4, 0.5) is 5.69 Å². The number of hydrogen-bond acceptors (Lipinski definition) is 3. The van der Waals surface area contributed by atoms with E-state index < -0.39 is 0 Å². The maximum atomic E-state index is 9.08. The molecular formula is C15H21N3. The highest BCUT2D eigenvalue weighted by Gasteiger charge is 2.18. The van der Waals surface area contributed by atoms with Gasteiger partial charge in [0.15, 0.2) is 0 Å². The summed E-state index contributed by atoms with van der Waals surface area (Å²) < 4.78 is 0. The SMILES string of the molecule is CCCN1CCN(c2cccc(C#N)c2C)CC1. The lowest BCUT2D eigenvalue weighted by atomic mass is 10.1. The summed E-state index contributed by atoms with van der Waals surface area (Å²) in [5.74, 6) is 0. The molecule has 1 aliphatic heterocycles. The topological polar surface area (TPSA) is 30.3 Å². The third-order valence-electron chi connectivity index (χ3n) is 3.68. The first kappa shape index (κ1) is 12.9. The fourth-order valence-corrected chi connectivity index (χ4v) is 2.62. The van der Waals surface area contributed by atoms with Crippen molar-refractivity contribution in [3.63, 3.8) is 0 Å². The van der Waals surface area contributed by atoms with Crippen molar-refractivity contribution in [2.75, 3.05) is 37.6 Å². The Hall–Kier alpha value is -1.53. The Morgan fingerprint density at radius 2 is 1.94 bits per heavy atom. The average Bonchev–Trinajstić information content (AvgIpc) is 2.41. The van der Waals surface area contributed by atoms with E-state index in [9.17, 15) is 0 Å². The van der Waals surface area contributed by atoms with Gasteiger partial charge in [0.25, 0.3) is 0 Å². The van der Waals surface area contributed by atoms with E-state index in [-0.39, 0.29) is 0 Å². The van der Waals surface area contributed by atoms with Crippen molar-refractivity contribution < 1.29 is 0 Å². The molecule has 18 heavy (non-hydrogen) atoms. The molecule has 1 aromatic carbocycles. The van der Waals surface area contributed by atoms with E-state index in [1.807, 2.05) is 19.1 Å². The Balaban J connectivity index is 2.08. The molecule has 0 spiro atoms. The second-order valence-corrected chi connectivity index (χ2v) is 4.89. The monoisotopic (exact) mass is 243 g/mol. The van der Waals surface area contributed by atoms with Gasteiger partial charge in [-0.1, -0.05) is 13.0 Å². The normalized spacial score (nSPS) is 16.6. The Labute approximate surface area is 110 Å². The molecule has 1 saturated heterocycles. The molecule has 96 valence electrons. The van der Waals surface area contributed by atoms with Crippen LogP contribution in [0.2, 0.25) is 0 Å². The van der Waals surface area contributed by atoms with Crippen LogP contribution in [0.3, 0.4) is 0 Å². The number of nitriles is 1. The van der Waals surface area contributed by atoms with Crippen molar-refractivity contribution in [3.8, 4) is 6.07 Å². The minimum Gasteiger partial charge on any atom is -0.369 e. The van der Waals surface area contributed by atoms with Crippen molar-refractivity contribution in [2.45, 2.75) is 20.3 Å². The van der Waals surface area contributed by atoms with Gasteiger partial charge in [-0.05, 0) is 37.6 Å². The third-order valence-corrected chi connectivity index (χ3v) is 3.68. The lowest BCUT2D eigenvalue weighted by Gasteiger charge is -2.36. The second-order valence-electron chi connectivity index (χ2n) is 4.89. The lowest BCUT2D eigenvalue weighted by Crippen LogP contribution is -2.46. The zero-order valence-electron chi connectivity index (χ0n) is 11.3. The van der Waals surface area contributed by atoms with Crippen molar-refractivity contribution in [1.29, 1.82) is 5.26 Å². The molecule has 3 nitrogen and oxygen atoms in total. The van der Waals surface area contributed by atoms with Crippen LogP contribution in [0.5, 0.6) is 0 Å². The molecule has 0 amide bonds. The van der Waals surface area contributed by atoms with E-state index in [2.05, 4.69) is 28.9 Å². The minimum absolute atomic E-state index is 0.795. The fraction of sp³-hybridized carbons (Fsp3) is 0.533. The molecule has 2 rings (SSSR count). The van der Waals surface area contributed by atoms with Crippen LogP contribution >= 0.6 is 0 Å². The standard InChI is InChI=1S/C15H21N3/c1-3-7-17-8-10-18(11-9-17)15-6-4-5-14(12-16)13(15)2/h4-6H,3,7-11H2,1-2H3. The molecule has 0 aliphatic carbocycles. The van der Waals surface area contributed by atoms with Gasteiger partial charge < -0.3 is 4.90 Å². The van der Waals surface area contributed by atoms with Crippen molar-refractivity contribution in [1.82, 2.24) is 4.90 Å². The molecule has 3 heteroatoms. The van der Waals surface area contributed by atoms with E-state index in [1.54, 1.807) is 0 Å². The van der Waals surface area contributed by atoms with Crippen LogP contribution in [0.25, 0.3) is 0 Å². The minimum atomic E-state index is 0.795. The first-order valence-electron chi connectivity index (χ1n) is 6.73. The van der Waals surface area contributed by atoms with Gasteiger partial charge in [-0.3, -0.25) is 4.90 Å². The zero-order valence-corrected chi connectivity index (χ0v) is 11.3. The lowest BCUT2D eigenvalue weighted by molar-refractivity contribution is 0.258. The molecule has 1 aromatic rings. The predicted molar refractivity (Wildman–Crippen MR) is 74.8 cm³/mol. The van der Waals surface area contributed by atoms with Crippen LogP contribution in [0, 0.1) is 18.3 Å². The summed E-state index contributed by atoms with van der Waals surface area (Å²) in [5.41, 5.74) is 3.14. The average molecular weight is 243 g/mol. The summed E-state index contributed by atoms with van der Waals surface area (Å²) in [6.45, 7) is 9.86. The third kappa shape index (κ3) is 2.65. The van der Waals surface area contributed by atoms with Crippen LogP contribution in [-0.2, 0) is 0 Å². The largest absolute Gasteiger partial charge is 0.369 e. The van der Waals surface area contributed by atoms with Crippen LogP contribution in [0.15, 0.2) is 18.2 Å². The quantitative estimate of drug-likeness (QED) is 0.816. The highest BCUT2D eigenvalue weighted by Crippen LogP contribution is 2.23. The van der Waals surface area contributed by atoms with E-state index in [4.69, 9.17) is 5.26 Å². The highest BCUT2D eigenvalue weighted by molar-refractivity contribution is 5.59. The molecule has 0 radical (unpaired) electrons. The maximum absolute atomic E-state index is 9.08.